The fourth-order valence-corrected chi connectivity index (χ4v) is 4.86. The summed E-state index contributed by atoms with van der Waals surface area (Å²) in [5.74, 6) is 0.0306. The Labute approximate surface area is 172 Å². The van der Waals surface area contributed by atoms with E-state index in [0.29, 0.717) is 30.9 Å². The number of anilines is 1. The van der Waals surface area contributed by atoms with E-state index in [1.165, 1.54) is 6.07 Å². The number of rotatable bonds is 5. The van der Waals surface area contributed by atoms with Crippen molar-refractivity contribution in [3.63, 3.8) is 0 Å². The van der Waals surface area contributed by atoms with Gasteiger partial charge in [-0.2, -0.15) is 0 Å². The van der Waals surface area contributed by atoms with Gasteiger partial charge < -0.3 is 10.2 Å². The molecule has 1 aliphatic rings. The number of likely N-dealkylation sites (tertiary alicyclic amines) is 1. The Hall–Kier alpha value is -3.00. The number of benzene rings is 2. The number of thiazole rings is 1. The Balaban J connectivity index is 1.55. The van der Waals surface area contributed by atoms with E-state index in [1.54, 1.807) is 28.4 Å². The average molecular weight is 410 g/mol. The number of hydrogen-bond donors (Lipinski definition) is 1. The van der Waals surface area contributed by atoms with Crippen molar-refractivity contribution in [2.24, 2.45) is 0 Å². The fourth-order valence-electron chi connectivity index (χ4n) is 3.77. The zero-order chi connectivity index (χ0) is 20.4. The van der Waals surface area contributed by atoms with Crippen LogP contribution < -0.4 is 5.32 Å². The number of nitrogens with zero attached hydrogens (tertiary/aromatic N) is 3. The number of piperidine rings is 1. The number of amides is 1. The van der Waals surface area contributed by atoms with Gasteiger partial charge in [-0.3, -0.25) is 14.9 Å². The summed E-state index contributed by atoms with van der Waals surface area (Å²) >= 11 is 1.68. The third kappa shape index (κ3) is 3.93. The fraction of sp³-hybridized carbons (Fsp3) is 0.333. The van der Waals surface area contributed by atoms with Crippen molar-refractivity contribution in [3.8, 4) is 0 Å². The molecule has 29 heavy (non-hydrogen) atoms. The van der Waals surface area contributed by atoms with E-state index in [1.807, 2.05) is 25.1 Å². The van der Waals surface area contributed by atoms with Crippen LogP contribution in [-0.4, -0.2) is 40.3 Å². The summed E-state index contributed by atoms with van der Waals surface area (Å²) in [6.07, 6.45) is 1.88. The Morgan fingerprint density at radius 3 is 2.93 bits per heavy atom. The predicted octanol–water partition coefficient (Wildman–Crippen LogP) is 4.66. The molecule has 1 N–H and O–H groups in total. The van der Waals surface area contributed by atoms with Crippen LogP contribution in [0.1, 0.15) is 41.0 Å². The van der Waals surface area contributed by atoms with E-state index in [9.17, 15) is 14.9 Å². The van der Waals surface area contributed by atoms with Crippen molar-refractivity contribution in [2.45, 2.75) is 25.7 Å². The van der Waals surface area contributed by atoms with Gasteiger partial charge in [-0.05, 0) is 44.0 Å². The van der Waals surface area contributed by atoms with Gasteiger partial charge >= 0.3 is 0 Å². The van der Waals surface area contributed by atoms with E-state index in [-0.39, 0.29) is 17.5 Å². The molecule has 1 aliphatic heterocycles. The van der Waals surface area contributed by atoms with E-state index >= 15 is 0 Å². The molecule has 1 amide bonds. The molecule has 1 saturated heterocycles. The minimum atomic E-state index is -0.450. The first-order valence-corrected chi connectivity index (χ1v) is 10.6. The second-order valence-electron chi connectivity index (χ2n) is 7.13. The molecule has 1 atom stereocenters. The van der Waals surface area contributed by atoms with Crippen LogP contribution in [0.3, 0.4) is 0 Å². The van der Waals surface area contributed by atoms with Gasteiger partial charge in [-0.1, -0.05) is 12.1 Å². The molecule has 1 fully saturated rings. The maximum Gasteiger partial charge on any atom is 0.293 e. The maximum absolute atomic E-state index is 13.1. The topological polar surface area (TPSA) is 88.4 Å². The van der Waals surface area contributed by atoms with Crippen molar-refractivity contribution in [1.29, 1.82) is 0 Å². The molecule has 2 heterocycles. The number of aromatic nitrogens is 1. The first-order chi connectivity index (χ1) is 14.1. The molecule has 7 nitrogen and oxygen atoms in total. The van der Waals surface area contributed by atoms with E-state index in [4.69, 9.17) is 4.98 Å². The number of hydrogen-bond acceptors (Lipinski definition) is 6. The molecule has 3 aromatic rings. The van der Waals surface area contributed by atoms with Gasteiger partial charge in [0.25, 0.3) is 11.6 Å². The van der Waals surface area contributed by atoms with E-state index in [0.717, 1.165) is 28.1 Å². The molecule has 0 spiro atoms. The Morgan fingerprint density at radius 2 is 2.17 bits per heavy atom. The van der Waals surface area contributed by atoms with Crippen LogP contribution >= 0.6 is 11.3 Å². The van der Waals surface area contributed by atoms with Crippen LogP contribution in [-0.2, 0) is 0 Å². The lowest BCUT2D eigenvalue weighted by molar-refractivity contribution is -0.384. The quantitative estimate of drug-likeness (QED) is 0.488. The SMILES string of the molecule is CCNc1ccc(C(=O)N2CCC[C@@H](c3nc4ccccc4s3)C2)cc1[N+](=O)[O-]. The van der Waals surface area contributed by atoms with Gasteiger partial charge in [-0.25, -0.2) is 4.98 Å². The third-order valence-corrected chi connectivity index (χ3v) is 6.38. The van der Waals surface area contributed by atoms with Crippen molar-refractivity contribution in [2.75, 3.05) is 25.0 Å². The second-order valence-corrected chi connectivity index (χ2v) is 8.19. The molecule has 2 aromatic carbocycles. The van der Waals surface area contributed by atoms with Crippen molar-refractivity contribution < 1.29 is 9.72 Å². The van der Waals surface area contributed by atoms with Gasteiger partial charge in [0.05, 0.1) is 20.1 Å². The number of carbonyl (C=O) groups excluding carboxylic acids is 1. The first-order valence-electron chi connectivity index (χ1n) is 9.74. The monoisotopic (exact) mass is 410 g/mol. The summed E-state index contributed by atoms with van der Waals surface area (Å²) in [5, 5.41) is 15.4. The van der Waals surface area contributed by atoms with Gasteiger partial charge in [-0.15, -0.1) is 11.3 Å². The highest BCUT2D eigenvalue weighted by Gasteiger charge is 2.28. The van der Waals surface area contributed by atoms with E-state index in [2.05, 4.69) is 11.4 Å². The molecule has 0 aliphatic carbocycles. The number of nitro benzene ring substituents is 1. The predicted molar refractivity (Wildman–Crippen MR) is 115 cm³/mol. The molecule has 0 radical (unpaired) electrons. The largest absolute Gasteiger partial charge is 0.380 e. The minimum absolute atomic E-state index is 0.0718. The molecule has 0 saturated carbocycles. The van der Waals surface area contributed by atoms with Crippen LogP contribution in [0.4, 0.5) is 11.4 Å². The highest BCUT2D eigenvalue weighted by Crippen LogP contribution is 2.34. The summed E-state index contributed by atoms with van der Waals surface area (Å²) < 4.78 is 1.15. The minimum Gasteiger partial charge on any atom is -0.380 e. The van der Waals surface area contributed by atoms with Crippen LogP contribution in [0.25, 0.3) is 10.2 Å². The number of nitro groups is 1. The summed E-state index contributed by atoms with van der Waals surface area (Å²) in [4.78, 5) is 30.6. The highest BCUT2D eigenvalue weighted by atomic mass is 32.1. The number of nitrogens with one attached hydrogen (secondary N) is 1. The van der Waals surface area contributed by atoms with Gasteiger partial charge in [0.2, 0.25) is 0 Å². The van der Waals surface area contributed by atoms with E-state index < -0.39 is 4.92 Å². The van der Waals surface area contributed by atoms with Crippen molar-refractivity contribution in [1.82, 2.24) is 9.88 Å². The lowest BCUT2D eigenvalue weighted by atomic mass is 9.98. The van der Waals surface area contributed by atoms with Gasteiger partial charge in [0.1, 0.15) is 5.69 Å². The molecular formula is C21H22N4O3S. The Bertz CT molecular complexity index is 1030. The lowest BCUT2D eigenvalue weighted by Crippen LogP contribution is -2.39. The number of carbonyl (C=O) groups is 1. The highest BCUT2D eigenvalue weighted by molar-refractivity contribution is 7.18. The summed E-state index contributed by atoms with van der Waals surface area (Å²) in [5.41, 5.74) is 1.70. The standard InChI is InChI=1S/C21H22N4O3S/c1-2-22-16-10-9-14(12-18(16)25(27)28)21(26)24-11-5-6-15(13-24)20-23-17-7-3-4-8-19(17)29-20/h3-4,7-10,12,15,22H,2,5-6,11,13H2,1H3/t15-/m1/s1. The summed E-state index contributed by atoms with van der Waals surface area (Å²) in [7, 11) is 0. The Kier molecular flexibility index (Phi) is 5.44. The molecule has 150 valence electrons. The normalized spacial score (nSPS) is 16.7. The van der Waals surface area contributed by atoms with Crippen molar-refractivity contribution >= 4 is 38.8 Å². The molecular weight excluding hydrogens is 388 g/mol. The van der Waals surface area contributed by atoms with Gasteiger partial charge in [0.15, 0.2) is 0 Å². The molecule has 4 rings (SSSR count). The van der Waals surface area contributed by atoms with Crippen molar-refractivity contribution in [3.05, 3.63) is 63.1 Å². The smallest absolute Gasteiger partial charge is 0.293 e. The van der Waals surface area contributed by atoms with Crippen LogP contribution in [0.2, 0.25) is 0 Å². The zero-order valence-electron chi connectivity index (χ0n) is 16.1. The third-order valence-electron chi connectivity index (χ3n) is 5.18. The summed E-state index contributed by atoms with van der Waals surface area (Å²) in [6.45, 7) is 3.69. The lowest BCUT2D eigenvalue weighted by Gasteiger charge is -2.32. The van der Waals surface area contributed by atoms with Gasteiger partial charge in [0, 0.05) is 37.2 Å². The Morgan fingerprint density at radius 1 is 1.34 bits per heavy atom. The zero-order valence-corrected chi connectivity index (χ0v) is 16.9. The second kappa shape index (κ2) is 8.16. The van der Waals surface area contributed by atoms with Crippen LogP contribution in [0, 0.1) is 10.1 Å². The number of fused-ring (bicyclic) bond motifs is 1. The average Bonchev–Trinajstić information content (AvgIpc) is 3.18. The van der Waals surface area contributed by atoms with Crippen LogP contribution in [0.15, 0.2) is 42.5 Å². The first kappa shape index (κ1) is 19.3. The molecule has 1 aromatic heterocycles. The number of para-hydroxylation sites is 1. The van der Waals surface area contributed by atoms with Crippen LogP contribution in [0.5, 0.6) is 0 Å². The molecule has 0 bridgehead atoms. The molecule has 0 unspecified atom stereocenters. The molecule has 8 heteroatoms. The maximum atomic E-state index is 13.1. The summed E-state index contributed by atoms with van der Waals surface area (Å²) in [6, 6.07) is 12.7.